The third-order valence-electron chi connectivity index (χ3n) is 2.26. The highest BCUT2D eigenvalue weighted by atomic mass is 79.9. The van der Waals surface area contributed by atoms with Crippen molar-refractivity contribution in [1.29, 1.82) is 0 Å². The maximum absolute atomic E-state index is 12.0. The number of sulfonamides is 1. The lowest BCUT2D eigenvalue weighted by atomic mass is 10.4. The zero-order chi connectivity index (χ0) is 14.3. The largest absolute Gasteiger partial charge is 0.383 e. The molecule has 0 aliphatic rings. The second-order valence-electron chi connectivity index (χ2n) is 3.72. The molecule has 1 rings (SSSR count). The van der Waals surface area contributed by atoms with E-state index in [2.05, 4.69) is 26.0 Å². The number of hydrogen-bond acceptors (Lipinski definition) is 4. The van der Waals surface area contributed by atoms with Crippen molar-refractivity contribution in [3.05, 3.63) is 27.7 Å². The van der Waals surface area contributed by atoms with Crippen LogP contribution in [-0.2, 0) is 14.8 Å². The number of methoxy groups -OCH3 is 1. The van der Waals surface area contributed by atoms with Crippen molar-refractivity contribution in [2.45, 2.75) is 4.90 Å². The van der Waals surface area contributed by atoms with E-state index in [0.717, 1.165) is 0 Å². The van der Waals surface area contributed by atoms with E-state index in [0.29, 0.717) is 35.7 Å². The van der Waals surface area contributed by atoms with Gasteiger partial charge in [-0.2, -0.15) is 0 Å². The predicted molar refractivity (Wildman–Crippen MR) is 86.3 cm³/mol. The van der Waals surface area contributed by atoms with Gasteiger partial charge in [-0.25, -0.2) is 13.1 Å². The van der Waals surface area contributed by atoms with E-state index in [-0.39, 0.29) is 17.3 Å². The van der Waals surface area contributed by atoms with Crippen LogP contribution in [0, 0.1) is 0 Å². The summed E-state index contributed by atoms with van der Waals surface area (Å²) >= 11 is 8.97. The molecular formula is C11H17BrCl2N2O3S. The SMILES string of the molecule is COCCNCCNS(=O)(=O)c1ccc(Cl)cc1Br.Cl. The first-order valence-corrected chi connectivity index (χ1v) is 8.27. The minimum absolute atomic E-state index is 0. The Hall–Kier alpha value is 0.110. The van der Waals surface area contributed by atoms with E-state index in [4.69, 9.17) is 16.3 Å². The fourth-order valence-corrected chi connectivity index (χ4v) is 3.76. The molecule has 0 heterocycles. The van der Waals surface area contributed by atoms with Crippen LogP contribution >= 0.6 is 39.9 Å². The van der Waals surface area contributed by atoms with E-state index in [9.17, 15) is 8.42 Å². The zero-order valence-corrected chi connectivity index (χ0v) is 14.8. The summed E-state index contributed by atoms with van der Waals surface area (Å²) in [7, 11) is -1.91. The van der Waals surface area contributed by atoms with Crippen LogP contribution in [0.4, 0.5) is 0 Å². The molecule has 0 aliphatic carbocycles. The fourth-order valence-electron chi connectivity index (χ4n) is 1.34. The second kappa shape index (κ2) is 9.94. The van der Waals surface area contributed by atoms with Crippen molar-refractivity contribution in [3.63, 3.8) is 0 Å². The van der Waals surface area contributed by atoms with E-state index >= 15 is 0 Å². The van der Waals surface area contributed by atoms with Gasteiger partial charge in [0, 0.05) is 36.2 Å². The first-order valence-electron chi connectivity index (χ1n) is 5.62. The molecule has 20 heavy (non-hydrogen) atoms. The smallest absolute Gasteiger partial charge is 0.241 e. The average Bonchev–Trinajstić information content (AvgIpc) is 2.33. The summed E-state index contributed by atoms with van der Waals surface area (Å²) in [6, 6.07) is 4.55. The number of nitrogens with one attached hydrogen (secondary N) is 2. The predicted octanol–water partition coefficient (Wildman–Crippen LogP) is 2.04. The molecule has 0 saturated carbocycles. The molecule has 0 amide bonds. The highest BCUT2D eigenvalue weighted by Gasteiger charge is 2.16. The highest BCUT2D eigenvalue weighted by Crippen LogP contribution is 2.25. The van der Waals surface area contributed by atoms with Crippen LogP contribution in [0.2, 0.25) is 5.02 Å². The molecule has 1 aromatic carbocycles. The second-order valence-corrected chi connectivity index (χ2v) is 6.74. The third-order valence-corrected chi connectivity index (χ3v) is 4.93. The summed E-state index contributed by atoms with van der Waals surface area (Å²) in [6.07, 6.45) is 0. The molecule has 1 aromatic rings. The topological polar surface area (TPSA) is 67.4 Å². The fraction of sp³-hybridized carbons (Fsp3) is 0.455. The van der Waals surface area contributed by atoms with Gasteiger partial charge in [0.05, 0.1) is 11.5 Å². The molecule has 0 saturated heterocycles. The monoisotopic (exact) mass is 406 g/mol. The van der Waals surface area contributed by atoms with Crippen molar-refractivity contribution in [2.24, 2.45) is 0 Å². The molecule has 0 bridgehead atoms. The molecule has 5 nitrogen and oxygen atoms in total. The van der Waals surface area contributed by atoms with Crippen LogP contribution < -0.4 is 10.0 Å². The Bertz CT molecular complexity index is 514. The van der Waals surface area contributed by atoms with E-state index in [1.54, 1.807) is 13.2 Å². The minimum Gasteiger partial charge on any atom is -0.383 e. The Morgan fingerprint density at radius 3 is 2.60 bits per heavy atom. The van der Waals surface area contributed by atoms with Gasteiger partial charge in [-0.05, 0) is 34.1 Å². The van der Waals surface area contributed by atoms with E-state index in [1.165, 1.54) is 12.1 Å². The maximum atomic E-state index is 12.0. The zero-order valence-electron chi connectivity index (χ0n) is 10.9. The lowest BCUT2D eigenvalue weighted by Gasteiger charge is -2.09. The van der Waals surface area contributed by atoms with Gasteiger partial charge in [-0.1, -0.05) is 11.6 Å². The molecule has 116 valence electrons. The highest BCUT2D eigenvalue weighted by molar-refractivity contribution is 9.10. The summed E-state index contributed by atoms with van der Waals surface area (Å²) in [5.74, 6) is 0. The first kappa shape index (κ1) is 20.1. The minimum atomic E-state index is -3.53. The molecule has 0 radical (unpaired) electrons. The summed E-state index contributed by atoms with van der Waals surface area (Å²) < 4.78 is 31.9. The summed E-state index contributed by atoms with van der Waals surface area (Å²) in [4.78, 5) is 0.175. The van der Waals surface area contributed by atoms with Gasteiger partial charge in [-0.15, -0.1) is 12.4 Å². The van der Waals surface area contributed by atoms with E-state index in [1.807, 2.05) is 0 Å². The third kappa shape index (κ3) is 6.71. The van der Waals surface area contributed by atoms with Crippen LogP contribution in [0.25, 0.3) is 0 Å². The summed E-state index contributed by atoms with van der Waals surface area (Å²) in [6.45, 7) is 2.12. The van der Waals surface area contributed by atoms with Crippen LogP contribution in [0.5, 0.6) is 0 Å². The standard InChI is InChI=1S/C11H16BrClN2O3S.ClH/c1-18-7-6-14-4-5-15-19(16,17)11-3-2-9(13)8-10(11)12;/h2-3,8,14-15H,4-7H2,1H3;1H. The number of halogens is 3. The molecule has 0 spiro atoms. The summed E-state index contributed by atoms with van der Waals surface area (Å²) in [5.41, 5.74) is 0. The lowest BCUT2D eigenvalue weighted by molar-refractivity contribution is 0.199. The van der Waals surface area contributed by atoms with Crippen molar-refractivity contribution in [1.82, 2.24) is 10.0 Å². The van der Waals surface area contributed by atoms with Gasteiger partial charge in [0.25, 0.3) is 0 Å². The van der Waals surface area contributed by atoms with Gasteiger partial charge < -0.3 is 10.1 Å². The maximum Gasteiger partial charge on any atom is 0.241 e. The van der Waals surface area contributed by atoms with Crippen molar-refractivity contribution >= 4 is 50.0 Å². The molecule has 0 unspecified atom stereocenters. The van der Waals surface area contributed by atoms with Crippen LogP contribution in [0.15, 0.2) is 27.6 Å². The Balaban J connectivity index is 0.00000361. The number of benzene rings is 1. The Labute approximate surface area is 139 Å². The molecular weight excluding hydrogens is 391 g/mol. The molecule has 9 heteroatoms. The van der Waals surface area contributed by atoms with Gasteiger partial charge >= 0.3 is 0 Å². The Morgan fingerprint density at radius 2 is 2.00 bits per heavy atom. The van der Waals surface area contributed by atoms with Gasteiger partial charge in [0.1, 0.15) is 0 Å². The lowest BCUT2D eigenvalue weighted by Crippen LogP contribution is -2.33. The number of ether oxygens (including phenoxy) is 1. The van der Waals surface area contributed by atoms with Gasteiger partial charge in [0.15, 0.2) is 0 Å². The van der Waals surface area contributed by atoms with Crippen molar-refractivity contribution < 1.29 is 13.2 Å². The quantitative estimate of drug-likeness (QED) is 0.647. The first-order chi connectivity index (χ1) is 8.97. The number of rotatable bonds is 8. The Morgan fingerprint density at radius 1 is 1.30 bits per heavy atom. The molecule has 0 aliphatic heterocycles. The Kier molecular flexibility index (Phi) is 10.00. The molecule has 0 atom stereocenters. The molecule has 0 fully saturated rings. The van der Waals surface area contributed by atoms with Crippen LogP contribution in [0.3, 0.4) is 0 Å². The van der Waals surface area contributed by atoms with Crippen molar-refractivity contribution in [2.75, 3.05) is 33.4 Å². The summed E-state index contributed by atoms with van der Waals surface area (Å²) in [5, 5.41) is 3.53. The van der Waals surface area contributed by atoms with Gasteiger partial charge in [0.2, 0.25) is 10.0 Å². The molecule has 0 aromatic heterocycles. The van der Waals surface area contributed by atoms with Crippen molar-refractivity contribution in [3.8, 4) is 0 Å². The van der Waals surface area contributed by atoms with E-state index < -0.39 is 10.0 Å². The van der Waals surface area contributed by atoms with Crippen LogP contribution in [-0.4, -0.2) is 41.8 Å². The van der Waals surface area contributed by atoms with Gasteiger partial charge in [-0.3, -0.25) is 0 Å². The molecule has 2 N–H and O–H groups in total. The normalized spacial score (nSPS) is 11.2. The average molecular weight is 408 g/mol. The number of hydrogen-bond donors (Lipinski definition) is 2. The van der Waals surface area contributed by atoms with Crippen LogP contribution in [0.1, 0.15) is 0 Å².